The number of carboxylic acids is 1. The molecule has 6 nitrogen and oxygen atoms in total. The fourth-order valence-electron chi connectivity index (χ4n) is 2.51. The molecular formula is C18H15N3O3. The van der Waals surface area contributed by atoms with Crippen molar-refractivity contribution in [2.75, 3.05) is 5.32 Å². The molecule has 0 unspecified atom stereocenters. The summed E-state index contributed by atoms with van der Waals surface area (Å²) in [6.07, 6.45) is 1.17. The Bertz CT molecular complexity index is 901. The second-order valence-corrected chi connectivity index (χ2v) is 5.20. The topological polar surface area (TPSA) is 84.2 Å². The van der Waals surface area contributed by atoms with Gasteiger partial charge in [0.25, 0.3) is 5.91 Å². The van der Waals surface area contributed by atoms with Crippen LogP contribution < -0.4 is 5.32 Å². The zero-order valence-electron chi connectivity index (χ0n) is 12.9. The summed E-state index contributed by atoms with van der Waals surface area (Å²) in [6.45, 7) is 0. The summed E-state index contributed by atoms with van der Waals surface area (Å²) in [7, 11) is 1.53. The highest BCUT2D eigenvalue weighted by atomic mass is 16.4. The van der Waals surface area contributed by atoms with E-state index in [1.807, 2.05) is 48.5 Å². The Balaban J connectivity index is 1.97. The Hall–Kier alpha value is -3.41. The van der Waals surface area contributed by atoms with Gasteiger partial charge in [-0.25, -0.2) is 4.79 Å². The van der Waals surface area contributed by atoms with Crippen molar-refractivity contribution in [3.05, 3.63) is 72.1 Å². The Morgan fingerprint density at radius 2 is 1.71 bits per heavy atom. The van der Waals surface area contributed by atoms with Crippen LogP contribution >= 0.6 is 0 Å². The molecule has 0 aliphatic heterocycles. The van der Waals surface area contributed by atoms with Gasteiger partial charge >= 0.3 is 5.97 Å². The summed E-state index contributed by atoms with van der Waals surface area (Å²) < 4.78 is 1.25. The number of nitrogens with one attached hydrogen (secondary N) is 1. The van der Waals surface area contributed by atoms with Gasteiger partial charge in [-0.15, -0.1) is 0 Å². The van der Waals surface area contributed by atoms with Gasteiger partial charge in [-0.3, -0.25) is 9.48 Å². The minimum Gasteiger partial charge on any atom is -0.478 e. The normalized spacial score (nSPS) is 10.4. The van der Waals surface area contributed by atoms with Gasteiger partial charge in [-0.05, 0) is 11.6 Å². The molecule has 120 valence electrons. The number of carbonyl (C=O) groups excluding carboxylic acids is 1. The van der Waals surface area contributed by atoms with E-state index in [0.717, 1.165) is 11.1 Å². The minimum absolute atomic E-state index is 0.00497. The Kier molecular flexibility index (Phi) is 4.11. The van der Waals surface area contributed by atoms with Gasteiger partial charge in [-0.1, -0.05) is 48.5 Å². The predicted octanol–water partition coefficient (Wildman–Crippen LogP) is 3.04. The molecule has 6 heteroatoms. The second kappa shape index (κ2) is 6.37. The van der Waals surface area contributed by atoms with E-state index in [1.165, 1.54) is 17.9 Å². The lowest BCUT2D eigenvalue weighted by Gasteiger charge is -2.12. The highest BCUT2D eigenvalue weighted by molar-refractivity contribution is 6.10. The Morgan fingerprint density at radius 1 is 1.04 bits per heavy atom. The van der Waals surface area contributed by atoms with Crippen LogP contribution in [0.2, 0.25) is 0 Å². The summed E-state index contributed by atoms with van der Waals surface area (Å²) in [5.74, 6) is -1.71. The molecule has 1 aromatic heterocycles. The molecule has 0 saturated heterocycles. The lowest BCUT2D eigenvalue weighted by atomic mass is 10.0. The van der Waals surface area contributed by atoms with Gasteiger partial charge in [0, 0.05) is 18.3 Å². The number of aromatic carboxylic acids is 1. The van der Waals surface area contributed by atoms with Gasteiger partial charge in [0.1, 0.15) is 11.3 Å². The van der Waals surface area contributed by atoms with Crippen LogP contribution in [0.5, 0.6) is 0 Å². The van der Waals surface area contributed by atoms with E-state index in [2.05, 4.69) is 10.4 Å². The monoisotopic (exact) mass is 321 g/mol. The number of hydrogen-bond acceptors (Lipinski definition) is 3. The Labute approximate surface area is 138 Å². The molecule has 2 aromatic carbocycles. The molecule has 0 spiro atoms. The van der Waals surface area contributed by atoms with Crippen LogP contribution in [0.1, 0.15) is 20.8 Å². The summed E-state index contributed by atoms with van der Waals surface area (Å²) in [4.78, 5) is 23.8. The number of nitrogens with zero attached hydrogens (tertiary/aromatic N) is 2. The van der Waals surface area contributed by atoms with Crippen molar-refractivity contribution in [2.24, 2.45) is 7.05 Å². The summed E-state index contributed by atoms with van der Waals surface area (Å²) in [5.41, 5.74) is 2.28. The quantitative estimate of drug-likeness (QED) is 0.773. The highest BCUT2D eigenvalue weighted by Gasteiger charge is 2.22. The molecule has 0 aliphatic carbocycles. The number of hydrogen-bond donors (Lipinski definition) is 2. The molecular weight excluding hydrogens is 306 g/mol. The SMILES string of the molecule is Cn1ncc(C(=O)O)c1C(=O)Nc1ccccc1-c1ccccc1. The van der Waals surface area contributed by atoms with Crippen molar-refractivity contribution in [1.82, 2.24) is 9.78 Å². The maximum Gasteiger partial charge on any atom is 0.339 e. The number of benzene rings is 2. The van der Waals surface area contributed by atoms with Crippen LogP contribution in [0.15, 0.2) is 60.8 Å². The predicted molar refractivity (Wildman–Crippen MR) is 90.0 cm³/mol. The van der Waals surface area contributed by atoms with Crippen LogP contribution in [-0.2, 0) is 7.05 Å². The van der Waals surface area contributed by atoms with Crippen LogP contribution in [0.3, 0.4) is 0 Å². The zero-order chi connectivity index (χ0) is 17.1. The third-order valence-corrected chi connectivity index (χ3v) is 3.64. The highest BCUT2D eigenvalue weighted by Crippen LogP contribution is 2.28. The lowest BCUT2D eigenvalue weighted by molar-refractivity contribution is 0.0692. The molecule has 0 atom stereocenters. The summed E-state index contributed by atoms with van der Waals surface area (Å²) in [6, 6.07) is 17.0. The van der Waals surface area contributed by atoms with E-state index in [1.54, 1.807) is 6.07 Å². The van der Waals surface area contributed by atoms with Crippen LogP contribution in [0.4, 0.5) is 5.69 Å². The molecule has 1 heterocycles. The molecule has 0 aliphatic rings. The van der Waals surface area contributed by atoms with Crippen molar-refractivity contribution in [1.29, 1.82) is 0 Å². The average molecular weight is 321 g/mol. The number of carbonyl (C=O) groups is 2. The Morgan fingerprint density at radius 3 is 2.42 bits per heavy atom. The van der Waals surface area contributed by atoms with Crippen molar-refractivity contribution < 1.29 is 14.7 Å². The number of aromatic nitrogens is 2. The summed E-state index contributed by atoms with van der Waals surface area (Å²) in [5, 5.41) is 15.8. The van der Waals surface area contributed by atoms with Crippen LogP contribution in [0, 0.1) is 0 Å². The minimum atomic E-state index is -1.19. The molecule has 2 N–H and O–H groups in total. The van der Waals surface area contributed by atoms with E-state index in [4.69, 9.17) is 0 Å². The zero-order valence-corrected chi connectivity index (χ0v) is 12.9. The van der Waals surface area contributed by atoms with Crippen molar-refractivity contribution >= 4 is 17.6 Å². The molecule has 3 rings (SSSR count). The van der Waals surface area contributed by atoms with Gasteiger partial charge in [0.15, 0.2) is 0 Å². The fourth-order valence-corrected chi connectivity index (χ4v) is 2.51. The first kappa shape index (κ1) is 15.5. The van der Waals surface area contributed by atoms with Gasteiger partial charge < -0.3 is 10.4 Å². The van der Waals surface area contributed by atoms with E-state index in [-0.39, 0.29) is 11.3 Å². The number of aryl methyl sites for hydroxylation is 1. The third-order valence-electron chi connectivity index (χ3n) is 3.64. The molecule has 0 saturated carbocycles. The number of carboxylic acid groups (broad SMARTS) is 1. The van der Waals surface area contributed by atoms with E-state index in [9.17, 15) is 14.7 Å². The molecule has 0 fully saturated rings. The summed E-state index contributed by atoms with van der Waals surface area (Å²) >= 11 is 0. The largest absolute Gasteiger partial charge is 0.478 e. The van der Waals surface area contributed by atoms with Crippen molar-refractivity contribution in [3.63, 3.8) is 0 Å². The van der Waals surface area contributed by atoms with E-state index >= 15 is 0 Å². The van der Waals surface area contributed by atoms with Gasteiger partial charge in [0.05, 0.1) is 6.20 Å². The molecule has 3 aromatic rings. The maximum atomic E-state index is 12.6. The van der Waals surface area contributed by atoms with E-state index in [0.29, 0.717) is 5.69 Å². The van der Waals surface area contributed by atoms with Crippen LogP contribution in [0.25, 0.3) is 11.1 Å². The van der Waals surface area contributed by atoms with Crippen LogP contribution in [-0.4, -0.2) is 26.8 Å². The average Bonchev–Trinajstić information content (AvgIpc) is 2.98. The number of amides is 1. The standard InChI is InChI=1S/C18H15N3O3/c1-21-16(14(11-19-21)18(23)24)17(22)20-15-10-6-5-9-13(15)12-7-3-2-4-8-12/h2-11H,1H3,(H,20,22)(H,23,24). The lowest BCUT2D eigenvalue weighted by Crippen LogP contribution is -2.19. The number of para-hydroxylation sites is 1. The van der Waals surface area contributed by atoms with Gasteiger partial charge in [-0.2, -0.15) is 5.10 Å². The number of rotatable bonds is 4. The second-order valence-electron chi connectivity index (χ2n) is 5.20. The molecule has 0 bridgehead atoms. The first-order chi connectivity index (χ1) is 11.6. The van der Waals surface area contributed by atoms with Crippen molar-refractivity contribution in [2.45, 2.75) is 0 Å². The fraction of sp³-hybridized carbons (Fsp3) is 0.0556. The van der Waals surface area contributed by atoms with Crippen molar-refractivity contribution in [3.8, 4) is 11.1 Å². The first-order valence-electron chi connectivity index (χ1n) is 7.29. The third kappa shape index (κ3) is 2.89. The van der Waals surface area contributed by atoms with E-state index < -0.39 is 11.9 Å². The smallest absolute Gasteiger partial charge is 0.339 e. The molecule has 1 amide bonds. The van der Waals surface area contributed by atoms with Gasteiger partial charge in [0.2, 0.25) is 0 Å². The molecule has 0 radical (unpaired) electrons. The maximum absolute atomic E-state index is 12.6. The molecule has 24 heavy (non-hydrogen) atoms. The first-order valence-corrected chi connectivity index (χ1v) is 7.29. The number of anilines is 1.